The maximum Gasteiger partial charge on any atom is 0.335 e. The zero-order chi connectivity index (χ0) is 18.6. The molecule has 3 rings (SSSR count). The highest BCUT2D eigenvalue weighted by Gasteiger charge is 2.38. The van der Waals surface area contributed by atoms with Crippen LogP contribution in [0.5, 0.6) is 5.75 Å². The first kappa shape index (κ1) is 19.2. The summed E-state index contributed by atoms with van der Waals surface area (Å²) in [6.45, 7) is 3.87. The Morgan fingerprint density at radius 3 is 2.24 bits per heavy atom. The average Bonchev–Trinajstić information content (AvgIpc) is 3.24. The number of aliphatic hydroxyl groups excluding tert-OH is 2. The highest BCUT2D eigenvalue weighted by Crippen LogP contribution is 2.40. The minimum Gasteiger partial charge on any atom is -0.497 e. The maximum atomic E-state index is 9.77. The number of ether oxygens (including phenoxy) is 1. The van der Waals surface area contributed by atoms with Crippen LogP contribution in [0, 0.1) is 5.92 Å². The van der Waals surface area contributed by atoms with Crippen LogP contribution >= 0.6 is 0 Å². The minimum atomic E-state index is -2.27. The molecule has 2 saturated heterocycles. The predicted octanol–water partition coefficient (Wildman–Crippen LogP) is -0.00830. The van der Waals surface area contributed by atoms with Gasteiger partial charge in [-0.2, -0.15) is 0 Å². The summed E-state index contributed by atoms with van der Waals surface area (Å²) in [6, 6.07) is 8.58. The van der Waals surface area contributed by atoms with Gasteiger partial charge in [0.25, 0.3) is 0 Å². The highest BCUT2D eigenvalue weighted by molar-refractivity contribution is 5.83. The number of aliphatic hydroxyl groups is 2. The number of fused-ring (bicyclic) bond motifs is 2. The monoisotopic (exact) mass is 353 g/mol. The molecule has 1 aromatic carbocycles. The molecule has 138 valence electrons. The van der Waals surface area contributed by atoms with E-state index in [2.05, 4.69) is 23.1 Å². The number of nitrogens with zero attached hydrogens (tertiary/aromatic N) is 1. The summed E-state index contributed by atoms with van der Waals surface area (Å²) in [6.07, 6.45) is -3.16. The summed E-state index contributed by atoms with van der Waals surface area (Å²) >= 11 is 0. The van der Waals surface area contributed by atoms with E-state index in [-0.39, 0.29) is 0 Å². The Labute approximate surface area is 145 Å². The van der Waals surface area contributed by atoms with Crippen LogP contribution in [0.15, 0.2) is 24.3 Å². The van der Waals surface area contributed by atoms with Gasteiger partial charge in [-0.25, -0.2) is 9.59 Å². The number of hydrogen-bond donors (Lipinski definition) is 4. The summed E-state index contributed by atoms with van der Waals surface area (Å²) in [4.78, 5) is 22.1. The lowest BCUT2D eigenvalue weighted by Gasteiger charge is -2.22. The fraction of sp³-hybridized carbons (Fsp3) is 0.529. The largest absolute Gasteiger partial charge is 0.497 e. The van der Waals surface area contributed by atoms with Crippen LogP contribution in [-0.4, -0.2) is 76.2 Å². The standard InChI is InChI=1S/C13H17NO.C4H6O6/c1-15-12-4-2-3-10(7-12)13-9-14-6-5-11(13)8-14;5-1(3(7)8)2(6)4(9)10/h2-4,7,11,13H,5-6,8-9H2,1H3;1-2,5-6H,(H,7,8)(H,9,10). The third-order valence-corrected chi connectivity index (χ3v) is 4.66. The van der Waals surface area contributed by atoms with Gasteiger partial charge in [-0.05, 0) is 36.6 Å². The number of piperidine rings is 1. The van der Waals surface area contributed by atoms with Gasteiger partial charge in [0.2, 0.25) is 0 Å². The summed E-state index contributed by atoms with van der Waals surface area (Å²) in [5.41, 5.74) is 1.46. The molecule has 5 atom stereocenters. The molecule has 2 heterocycles. The summed E-state index contributed by atoms with van der Waals surface area (Å²) < 4.78 is 5.28. The van der Waals surface area contributed by atoms with Crippen LogP contribution in [0.4, 0.5) is 0 Å². The molecule has 0 aliphatic carbocycles. The lowest BCUT2D eigenvalue weighted by molar-refractivity contribution is -0.165. The van der Waals surface area contributed by atoms with E-state index in [1.54, 1.807) is 7.11 Å². The maximum absolute atomic E-state index is 9.77. The van der Waals surface area contributed by atoms with Crippen molar-refractivity contribution < 1.29 is 34.8 Å². The van der Waals surface area contributed by atoms with Crippen LogP contribution < -0.4 is 4.74 Å². The van der Waals surface area contributed by atoms with Crippen molar-refractivity contribution in [3.05, 3.63) is 29.8 Å². The molecule has 0 amide bonds. The number of aliphatic carboxylic acids is 2. The number of benzene rings is 1. The van der Waals surface area contributed by atoms with Crippen molar-refractivity contribution in [2.24, 2.45) is 5.92 Å². The third kappa shape index (κ3) is 4.68. The summed E-state index contributed by atoms with van der Waals surface area (Å²) in [7, 11) is 1.74. The Morgan fingerprint density at radius 1 is 1.16 bits per heavy atom. The SMILES string of the molecule is COc1cccc(C2CN3CCC2C3)c1.O=C(O)C(O)C(O)C(=O)O. The first-order chi connectivity index (χ1) is 11.8. The van der Waals surface area contributed by atoms with Crippen molar-refractivity contribution in [1.29, 1.82) is 0 Å². The van der Waals surface area contributed by atoms with Gasteiger partial charge in [0, 0.05) is 19.0 Å². The molecule has 2 aliphatic rings. The first-order valence-electron chi connectivity index (χ1n) is 8.01. The quantitative estimate of drug-likeness (QED) is 0.582. The van der Waals surface area contributed by atoms with Gasteiger partial charge in [-0.3, -0.25) is 0 Å². The van der Waals surface area contributed by atoms with E-state index in [4.69, 9.17) is 25.2 Å². The molecule has 2 fully saturated rings. The second-order valence-electron chi connectivity index (χ2n) is 6.26. The van der Waals surface area contributed by atoms with Crippen molar-refractivity contribution in [3.8, 4) is 5.75 Å². The molecule has 25 heavy (non-hydrogen) atoms. The molecule has 0 saturated carbocycles. The number of carboxylic acid groups (broad SMARTS) is 2. The van der Waals surface area contributed by atoms with E-state index in [1.165, 1.54) is 31.6 Å². The lowest BCUT2D eigenvalue weighted by Crippen LogP contribution is -2.39. The normalized spacial score (nSPS) is 26.3. The number of carboxylic acids is 2. The first-order valence-corrected chi connectivity index (χ1v) is 8.01. The molecule has 2 aliphatic heterocycles. The van der Waals surface area contributed by atoms with Crippen LogP contribution in [-0.2, 0) is 9.59 Å². The van der Waals surface area contributed by atoms with E-state index in [1.807, 2.05) is 6.07 Å². The third-order valence-electron chi connectivity index (χ3n) is 4.66. The molecule has 0 aromatic heterocycles. The van der Waals surface area contributed by atoms with Crippen molar-refractivity contribution in [2.45, 2.75) is 24.5 Å². The van der Waals surface area contributed by atoms with Gasteiger partial charge in [0.15, 0.2) is 12.2 Å². The van der Waals surface area contributed by atoms with Gasteiger partial charge in [-0.1, -0.05) is 12.1 Å². The highest BCUT2D eigenvalue weighted by atomic mass is 16.5. The van der Waals surface area contributed by atoms with Gasteiger partial charge in [0.05, 0.1) is 7.11 Å². The Morgan fingerprint density at radius 2 is 1.80 bits per heavy atom. The Hall–Kier alpha value is -2.16. The Kier molecular flexibility index (Phi) is 6.35. The molecule has 4 N–H and O–H groups in total. The number of methoxy groups -OCH3 is 1. The van der Waals surface area contributed by atoms with Crippen molar-refractivity contribution in [1.82, 2.24) is 4.90 Å². The van der Waals surface area contributed by atoms with E-state index >= 15 is 0 Å². The van der Waals surface area contributed by atoms with Crippen molar-refractivity contribution in [3.63, 3.8) is 0 Å². The Balaban J connectivity index is 0.000000199. The van der Waals surface area contributed by atoms with E-state index in [0.29, 0.717) is 0 Å². The van der Waals surface area contributed by atoms with Gasteiger partial charge >= 0.3 is 11.9 Å². The fourth-order valence-corrected chi connectivity index (χ4v) is 3.30. The van der Waals surface area contributed by atoms with E-state index in [9.17, 15) is 9.59 Å². The zero-order valence-corrected chi connectivity index (χ0v) is 13.9. The number of hydrogen-bond acceptors (Lipinski definition) is 6. The van der Waals surface area contributed by atoms with Crippen LogP contribution in [0.3, 0.4) is 0 Å². The molecule has 1 aromatic rings. The Bertz CT molecular complexity index is 603. The molecule has 0 spiro atoms. The molecule has 8 heteroatoms. The number of carbonyl (C=O) groups is 2. The molecule has 8 nitrogen and oxygen atoms in total. The van der Waals surface area contributed by atoms with E-state index in [0.717, 1.165) is 17.6 Å². The van der Waals surface area contributed by atoms with Gasteiger partial charge in [-0.15, -0.1) is 0 Å². The van der Waals surface area contributed by atoms with Crippen molar-refractivity contribution in [2.75, 3.05) is 26.7 Å². The van der Waals surface area contributed by atoms with E-state index < -0.39 is 24.1 Å². The molecule has 0 radical (unpaired) electrons. The van der Waals surface area contributed by atoms with Crippen LogP contribution in [0.1, 0.15) is 17.9 Å². The predicted molar refractivity (Wildman–Crippen MR) is 87.6 cm³/mol. The lowest BCUT2D eigenvalue weighted by atomic mass is 9.86. The molecule has 2 bridgehead atoms. The van der Waals surface area contributed by atoms with Crippen LogP contribution in [0.25, 0.3) is 0 Å². The second-order valence-corrected chi connectivity index (χ2v) is 6.26. The fourth-order valence-electron chi connectivity index (χ4n) is 3.30. The molecular weight excluding hydrogens is 330 g/mol. The second kappa shape index (κ2) is 8.28. The average molecular weight is 353 g/mol. The zero-order valence-electron chi connectivity index (χ0n) is 13.9. The van der Waals surface area contributed by atoms with Gasteiger partial charge < -0.3 is 30.1 Å². The van der Waals surface area contributed by atoms with Crippen molar-refractivity contribution >= 4 is 11.9 Å². The summed E-state index contributed by atoms with van der Waals surface area (Å²) in [5, 5.41) is 32.5. The smallest absolute Gasteiger partial charge is 0.335 e. The van der Waals surface area contributed by atoms with Gasteiger partial charge in [0.1, 0.15) is 5.75 Å². The molecular formula is C17H23NO7. The minimum absolute atomic E-state index is 0.744. The number of rotatable bonds is 5. The topological polar surface area (TPSA) is 128 Å². The summed E-state index contributed by atoms with van der Waals surface area (Å²) in [5.74, 6) is -0.916. The molecule has 5 unspecified atom stereocenters. The van der Waals surface area contributed by atoms with Crippen LogP contribution in [0.2, 0.25) is 0 Å².